The number of hydrogen-bond donors (Lipinski definition) is 1. The number of nitrogens with one attached hydrogen (secondary N) is 1. The smallest absolute Gasteiger partial charge is 0.410 e. The minimum absolute atomic E-state index is 0.182. The number of rotatable bonds is 5. The Balaban J connectivity index is 1.69. The van der Waals surface area contributed by atoms with E-state index in [1.165, 1.54) is 5.56 Å². The molecule has 2 rings (SSSR count). The Morgan fingerprint density at radius 2 is 2.13 bits per heavy atom. The van der Waals surface area contributed by atoms with Gasteiger partial charge < -0.3 is 15.0 Å². The maximum Gasteiger partial charge on any atom is 0.410 e. The van der Waals surface area contributed by atoms with Gasteiger partial charge in [0, 0.05) is 31.5 Å². The van der Waals surface area contributed by atoms with Crippen molar-refractivity contribution in [1.29, 1.82) is 0 Å². The molecule has 1 aliphatic heterocycles. The fourth-order valence-corrected chi connectivity index (χ4v) is 2.83. The van der Waals surface area contributed by atoms with E-state index in [-0.39, 0.29) is 6.09 Å². The second kappa shape index (κ2) is 7.77. The van der Waals surface area contributed by atoms with Crippen molar-refractivity contribution in [2.24, 2.45) is 5.92 Å². The van der Waals surface area contributed by atoms with Gasteiger partial charge in [0.05, 0.1) is 0 Å². The van der Waals surface area contributed by atoms with Crippen LogP contribution in [0, 0.1) is 5.92 Å². The highest BCUT2D eigenvalue weighted by Crippen LogP contribution is 2.22. The van der Waals surface area contributed by atoms with Crippen LogP contribution < -0.4 is 5.32 Å². The van der Waals surface area contributed by atoms with Gasteiger partial charge in [-0.25, -0.2) is 4.79 Å². The van der Waals surface area contributed by atoms with Gasteiger partial charge in [0.15, 0.2) is 0 Å². The van der Waals surface area contributed by atoms with Gasteiger partial charge >= 0.3 is 6.09 Å². The van der Waals surface area contributed by atoms with Crippen molar-refractivity contribution in [2.45, 2.75) is 52.2 Å². The van der Waals surface area contributed by atoms with E-state index >= 15 is 0 Å². The number of hydrogen-bond acceptors (Lipinski definition) is 4. The molecule has 5 nitrogen and oxygen atoms in total. The van der Waals surface area contributed by atoms with Gasteiger partial charge in [-0.1, -0.05) is 0 Å². The second-order valence-electron chi connectivity index (χ2n) is 7.33. The molecule has 1 aliphatic rings. The number of pyridine rings is 1. The minimum Gasteiger partial charge on any atom is -0.444 e. The van der Waals surface area contributed by atoms with Crippen molar-refractivity contribution < 1.29 is 9.53 Å². The molecule has 1 aromatic heterocycles. The Morgan fingerprint density at radius 1 is 1.43 bits per heavy atom. The second-order valence-corrected chi connectivity index (χ2v) is 7.33. The molecule has 0 saturated carbocycles. The zero-order valence-electron chi connectivity index (χ0n) is 14.7. The first-order valence-electron chi connectivity index (χ1n) is 8.46. The van der Waals surface area contributed by atoms with Gasteiger partial charge in [-0.2, -0.15) is 0 Å². The monoisotopic (exact) mass is 319 g/mol. The Labute approximate surface area is 139 Å². The average Bonchev–Trinajstić information content (AvgIpc) is 2.95. The maximum atomic E-state index is 12.1. The van der Waals surface area contributed by atoms with E-state index in [1.807, 2.05) is 50.2 Å². The van der Waals surface area contributed by atoms with Crippen LogP contribution in [0.1, 0.15) is 52.1 Å². The summed E-state index contributed by atoms with van der Waals surface area (Å²) in [6.45, 7) is 10.4. The predicted molar refractivity (Wildman–Crippen MR) is 91.2 cm³/mol. The fraction of sp³-hybridized carbons (Fsp3) is 0.667. The minimum atomic E-state index is -0.420. The van der Waals surface area contributed by atoms with Gasteiger partial charge in [-0.15, -0.1) is 0 Å². The topological polar surface area (TPSA) is 54.5 Å². The van der Waals surface area contributed by atoms with E-state index < -0.39 is 5.60 Å². The lowest BCUT2D eigenvalue weighted by Crippen LogP contribution is -2.35. The number of likely N-dealkylation sites (tertiary alicyclic amines) is 1. The Bertz CT molecular complexity index is 499. The molecule has 0 radical (unpaired) electrons. The van der Waals surface area contributed by atoms with Crippen molar-refractivity contribution in [3.63, 3.8) is 0 Å². The van der Waals surface area contributed by atoms with Crippen molar-refractivity contribution in [3.05, 3.63) is 30.1 Å². The number of aromatic nitrogens is 1. The first-order chi connectivity index (χ1) is 10.8. The first kappa shape index (κ1) is 17.7. The summed E-state index contributed by atoms with van der Waals surface area (Å²) in [6.07, 6.45) is 5.60. The highest BCUT2D eigenvalue weighted by atomic mass is 16.6. The van der Waals surface area contributed by atoms with Crippen LogP contribution in [0.4, 0.5) is 4.79 Å². The van der Waals surface area contributed by atoms with Crippen LogP contribution in [0.2, 0.25) is 0 Å². The summed E-state index contributed by atoms with van der Waals surface area (Å²) in [4.78, 5) is 17.9. The number of ether oxygens (including phenoxy) is 1. The summed E-state index contributed by atoms with van der Waals surface area (Å²) in [7, 11) is 0. The lowest BCUT2D eigenvalue weighted by Gasteiger charge is -2.24. The molecule has 2 heterocycles. The normalized spacial score (nSPS) is 19.7. The Kier molecular flexibility index (Phi) is 5.99. The SMILES string of the molecule is CC(NCCC1CCN(C(=O)OC(C)(C)C)C1)c1ccncc1. The number of amides is 1. The molecule has 1 amide bonds. The molecular weight excluding hydrogens is 290 g/mol. The van der Waals surface area contributed by atoms with Crippen molar-refractivity contribution in [3.8, 4) is 0 Å². The predicted octanol–water partition coefficient (Wildman–Crippen LogP) is 3.38. The molecule has 1 N–H and O–H groups in total. The molecular formula is C18H29N3O2. The molecule has 1 saturated heterocycles. The van der Waals surface area contributed by atoms with Crippen LogP contribution in [0.15, 0.2) is 24.5 Å². The van der Waals surface area contributed by atoms with E-state index in [0.29, 0.717) is 12.0 Å². The summed E-state index contributed by atoms with van der Waals surface area (Å²) in [5.74, 6) is 0.555. The van der Waals surface area contributed by atoms with E-state index in [0.717, 1.165) is 32.5 Å². The molecule has 0 aliphatic carbocycles. The summed E-state index contributed by atoms with van der Waals surface area (Å²) >= 11 is 0. The zero-order chi connectivity index (χ0) is 16.9. The number of nitrogens with zero attached hydrogens (tertiary/aromatic N) is 2. The number of carbonyl (C=O) groups is 1. The van der Waals surface area contributed by atoms with Crippen molar-refractivity contribution in [2.75, 3.05) is 19.6 Å². The molecule has 128 valence electrons. The van der Waals surface area contributed by atoms with Gasteiger partial charge in [0.25, 0.3) is 0 Å². The average molecular weight is 319 g/mol. The van der Waals surface area contributed by atoms with E-state index in [1.54, 1.807) is 0 Å². The molecule has 0 spiro atoms. The molecule has 2 atom stereocenters. The third-order valence-electron chi connectivity index (χ3n) is 4.15. The fourth-order valence-electron chi connectivity index (χ4n) is 2.83. The van der Waals surface area contributed by atoms with Gasteiger partial charge in [-0.3, -0.25) is 4.98 Å². The van der Waals surface area contributed by atoms with Crippen molar-refractivity contribution >= 4 is 6.09 Å². The van der Waals surface area contributed by atoms with Crippen LogP contribution in [-0.4, -0.2) is 41.2 Å². The van der Waals surface area contributed by atoms with Crippen molar-refractivity contribution in [1.82, 2.24) is 15.2 Å². The molecule has 0 bridgehead atoms. The van der Waals surface area contributed by atoms with Gasteiger partial charge in [0.1, 0.15) is 5.60 Å². The standard InChI is InChI=1S/C18H29N3O2/c1-14(16-6-9-19-10-7-16)20-11-5-15-8-12-21(13-15)17(22)23-18(2,3)4/h6-7,9-10,14-15,20H,5,8,11-13H2,1-4H3. The molecule has 1 aromatic rings. The molecule has 2 unspecified atom stereocenters. The largest absolute Gasteiger partial charge is 0.444 e. The lowest BCUT2D eigenvalue weighted by atomic mass is 10.0. The molecule has 0 aromatic carbocycles. The van der Waals surface area contributed by atoms with E-state index in [2.05, 4.69) is 17.2 Å². The van der Waals surface area contributed by atoms with Crippen LogP contribution in [0.25, 0.3) is 0 Å². The van der Waals surface area contributed by atoms with Crippen LogP contribution in [-0.2, 0) is 4.74 Å². The Hall–Kier alpha value is -1.62. The summed E-state index contributed by atoms with van der Waals surface area (Å²) < 4.78 is 5.44. The maximum absolute atomic E-state index is 12.1. The highest BCUT2D eigenvalue weighted by Gasteiger charge is 2.29. The molecule has 1 fully saturated rings. The van der Waals surface area contributed by atoms with Crippen LogP contribution in [0.3, 0.4) is 0 Å². The van der Waals surface area contributed by atoms with Crippen LogP contribution >= 0.6 is 0 Å². The lowest BCUT2D eigenvalue weighted by molar-refractivity contribution is 0.0287. The van der Waals surface area contributed by atoms with Gasteiger partial charge in [0.2, 0.25) is 0 Å². The van der Waals surface area contributed by atoms with Crippen LogP contribution in [0.5, 0.6) is 0 Å². The number of carbonyl (C=O) groups excluding carboxylic acids is 1. The summed E-state index contributed by atoms with van der Waals surface area (Å²) in [5.41, 5.74) is 0.832. The van der Waals surface area contributed by atoms with E-state index in [4.69, 9.17) is 4.74 Å². The zero-order valence-corrected chi connectivity index (χ0v) is 14.7. The van der Waals surface area contributed by atoms with E-state index in [9.17, 15) is 4.79 Å². The first-order valence-corrected chi connectivity index (χ1v) is 8.46. The quantitative estimate of drug-likeness (QED) is 0.904. The molecule has 23 heavy (non-hydrogen) atoms. The third-order valence-corrected chi connectivity index (χ3v) is 4.15. The highest BCUT2D eigenvalue weighted by molar-refractivity contribution is 5.68. The molecule has 5 heteroatoms. The Morgan fingerprint density at radius 3 is 2.78 bits per heavy atom. The van der Waals surface area contributed by atoms with Gasteiger partial charge in [-0.05, 0) is 70.7 Å². The third kappa shape index (κ3) is 5.82. The summed E-state index contributed by atoms with van der Waals surface area (Å²) in [5, 5.41) is 3.55. The summed E-state index contributed by atoms with van der Waals surface area (Å²) in [6, 6.07) is 4.40.